The average molecular weight is 279 g/mol. The lowest BCUT2D eigenvalue weighted by Gasteiger charge is -2.28. The Morgan fingerprint density at radius 3 is 2.30 bits per heavy atom. The average Bonchev–Trinajstić information content (AvgIpc) is 2.52. The Morgan fingerprint density at radius 1 is 1.20 bits per heavy atom. The van der Waals surface area contributed by atoms with Crippen molar-refractivity contribution in [2.45, 2.75) is 25.3 Å². The van der Waals surface area contributed by atoms with E-state index in [1.807, 2.05) is 25.2 Å². The summed E-state index contributed by atoms with van der Waals surface area (Å²) in [6.45, 7) is 1.76. The first-order valence-electron chi connectivity index (χ1n) is 7.26. The van der Waals surface area contributed by atoms with Gasteiger partial charge in [-0.05, 0) is 44.4 Å². The minimum atomic E-state index is 0.240. The lowest BCUT2D eigenvalue weighted by molar-refractivity contribution is 0.0606. The van der Waals surface area contributed by atoms with Gasteiger partial charge < -0.3 is 19.5 Å². The third kappa shape index (κ3) is 3.44. The Kier molecular flexibility index (Phi) is 5.68. The van der Waals surface area contributed by atoms with Crippen LogP contribution in [0, 0.1) is 5.92 Å². The van der Waals surface area contributed by atoms with Crippen molar-refractivity contribution in [3.63, 3.8) is 0 Å². The van der Waals surface area contributed by atoms with Crippen LogP contribution in [0.1, 0.15) is 30.9 Å². The van der Waals surface area contributed by atoms with Gasteiger partial charge in [-0.15, -0.1) is 0 Å². The van der Waals surface area contributed by atoms with Crippen LogP contribution in [0.4, 0.5) is 0 Å². The molecule has 1 saturated heterocycles. The number of hydrogen-bond donors (Lipinski definition) is 1. The zero-order chi connectivity index (χ0) is 14.4. The van der Waals surface area contributed by atoms with Crippen molar-refractivity contribution < 1.29 is 14.2 Å². The quantitative estimate of drug-likeness (QED) is 0.869. The maximum absolute atomic E-state index is 5.52. The molecule has 0 aromatic heterocycles. The highest BCUT2D eigenvalue weighted by Gasteiger charge is 2.24. The van der Waals surface area contributed by atoms with E-state index >= 15 is 0 Å². The smallest absolute Gasteiger partial charge is 0.127 e. The lowest BCUT2D eigenvalue weighted by Crippen LogP contribution is -2.24. The molecular weight excluding hydrogens is 254 g/mol. The van der Waals surface area contributed by atoms with Gasteiger partial charge in [0, 0.05) is 19.3 Å². The van der Waals surface area contributed by atoms with E-state index in [1.165, 1.54) is 0 Å². The zero-order valence-electron chi connectivity index (χ0n) is 12.6. The molecule has 1 heterocycles. The summed E-state index contributed by atoms with van der Waals surface area (Å²) in [5, 5.41) is 3.41. The van der Waals surface area contributed by atoms with Crippen molar-refractivity contribution in [2.75, 3.05) is 34.5 Å². The Morgan fingerprint density at radius 2 is 1.80 bits per heavy atom. The van der Waals surface area contributed by atoms with E-state index in [4.69, 9.17) is 14.2 Å². The summed E-state index contributed by atoms with van der Waals surface area (Å²) < 4.78 is 16.5. The lowest BCUT2D eigenvalue weighted by atomic mass is 9.89. The maximum atomic E-state index is 5.52. The summed E-state index contributed by atoms with van der Waals surface area (Å²) in [6, 6.07) is 6.19. The summed E-state index contributed by atoms with van der Waals surface area (Å²) in [5.74, 6) is 2.46. The fraction of sp³-hybridized carbons (Fsp3) is 0.625. The summed E-state index contributed by atoms with van der Waals surface area (Å²) in [6.07, 6.45) is 3.35. The molecule has 20 heavy (non-hydrogen) atoms. The first kappa shape index (κ1) is 15.1. The number of benzene rings is 1. The molecule has 4 nitrogen and oxygen atoms in total. The minimum Gasteiger partial charge on any atom is -0.496 e. The van der Waals surface area contributed by atoms with Crippen molar-refractivity contribution in [1.29, 1.82) is 0 Å². The van der Waals surface area contributed by atoms with Gasteiger partial charge in [0.25, 0.3) is 0 Å². The monoisotopic (exact) mass is 279 g/mol. The van der Waals surface area contributed by atoms with E-state index < -0.39 is 0 Å². The number of nitrogens with one attached hydrogen (secondary N) is 1. The topological polar surface area (TPSA) is 39.7 Å². The van der Waals surface area contributed by atoms with Gasteiger partial charge in [0.15, 0.2) is 0 Å². The molecule has 0 amide bonds. The number of rotatable bonds is 6. The van der Waals surface area contributed by atoms with E-state index in [0.717, 1.165) is 49.5 Å². The van der Waals surface area contributed by atoms with E-state index in [-0.39, 0.29) is 6.04 Å². The first-order valence-corrected chi connectivity index (χ1v) is 7.26. The standard InChI is InChI=1S/C16H25NO3/c1-17-13(11-12-7-9-20-10-8-12)16-14(18-2)5-4-6-15(16)19-3/h4-6,12-13,17H,7-11H2,1-3H3. The van der Waals surface area contributed by atoms with Crippen LogP contribution in [0.25, 0.3) is 0 Å². The minimum absolute atomic E-state index is 0.240. The van der Waals surface area contributed by atoms with Gasteiger partial charge in [-0.3, -0.25) is 0 Å². The van der Waals surface area contributed by atoms with Crippen molar-refractivity contribution >= 4 is 0 Å². The molecule has 1 fully saturated rings. The van der Waals surface area contributed by atoms with Crippen molar-refractivity contribution in [1.82, 2.24) is 5.32 Å². The number of ether oxygens (including phenoxy) is 3. The molecule has 0 radical (unpaired) electrons. The molecule has 0 saturated carbocycles. The van der Waals surface area contributed by atoms with E-state index in [1.54, 1.807) is 14.2 Å². The van der Waals surface area contributed by atoms with Crippen LogP contribution in [-0.4, -0.2) is 34.5 Å². The molecular formula is C16H25NO3. The fourth-order valence-electron chi connectivity index (χ4n) is 2.92. The summed E-state index contributed by atoms with van der Waals surface area (Å²) in [4.78, 5) is 0. The molecule has 1 aromatic rings. The van der Waals surface area contributed by atoms with Gasteiger partial charge in [-0.25, -0.2) is 0 Å². The second-order valence-electron chi connectivity index (χ2n) is 5.21. The van der Waals surface area contributed by atoms with Crippen LogP contribution in [0.5, 0.6) is 11.5 Å². The first-order chi connectivity index (χ1) is 9.80. The Bertz CT molecular complexity index is 394. The van der Waals surface area contributed by atoms with Crippen molar-refractivity contribution in [3.8, 4) is 11.5 Å². The summed E-state index contributed by atoms with van der Waals surface area (Å²) in [5.41, 5.74) is 1.12. The third-order valence-corrected chi connectivity index (χ3v) is 4.07. The maximum Gasteiger partial charge on any atom is 0.127 e. The van der Waals surface area contributed by atoms with E-state index in [0.29, 0.717) is 5.92 Å². The zero-order valence-corrected chi connectivity index (χ0v) is 12.6. The SMILES string of the molecule is CNC(CC1CCOCC1)c1c(OC)cccc1OC. The highest BCUT2D eigenvalue weighted by molar-refractivity contribution is 5.47. The van der Waals surface area contributed by atoms with Crippen LogP contribution in [0.15, 0.2) is 18.2 Å². The van der Waals surface area contributed by atoms with Gasteiger partial charge >= 0.3 is 0 Å². The molecule has 1 atom stereocenters. The van der Waals surface area contributed by atoms with Gasteiger partial charge in [0.2, 0.25) is 0 Å². The van der Waals surface area contributed by atoms with Gasteiger partial charge in [0.1, 0.15) is 11.5 Å². The molecule has 4 heteroatoms. The predicted octanol–water partition coefficient (Wildman–Crippen LogP) is 2.78. The molecule has 0 spiro atoms. The molecule has 1 unspecified atom stereocenters. The van der Waals surface area contributed by atoms with E-state index in [9.17, 15) is 0 Å². The molecule has 2 rings (SSSR count). The number of methoxy groups -OCH3 is 2. The fourth-order valence-corrected chi connectivity index (χ4v) is 2.92. The Hall–Kier alpha value is -1.26. The second kappa shape index (κ2) is 7.50. The summed E-state index contributed by atoms with van der Waals surface area (Å²) in [7, 11) is 5.41. The number of hydrogen-bond acceptors (Lipinski definition) is 4. The molecule has 0 aliphatic carbocycles. The van der Waals surface area contributed by atoms with Crippen LogP contribution in [-0.2, 0) is 4.74 Å². The van der Waals surface area contributed by atoms with Gasteiger partial charge in [-0.1, -0.05) is 6.07 Å². The van der Waals surface area contributed by atoms with Gasteiger partial charge in [0.05, 0.1) is 19.8 Å². The van der Waals surface area contributed by atoms with Gasteiger partial charge in [-0.2, -0.15) is 0 Å². The highest BCUT2D eigenvalue weighted by Crippen LogP contribution is 2.38. The van der Waals surface area contributed by atoms with Crippen molar-refractivity contribution in [2.24, 2.45) is 5.92 Å². The van der Waals surface area contributed by atoms with Crippen LogP contribution >= 0.6 is 0 Å². The van der Waals surface area contributed by atoms with Crippen molar-refractivity contribution in [3.05, 3.63) is 23.8 Å². The molecule has 1 aliphatic rings. The summed E-state index contributed by atoms with van der Waals surface area (Å²) >= 11 is 0. The van der Waals surface area contributed by atoms with E-state index in [2.05, 4.69) is 5.32 Å². The Labute approximate surface area is 121 Å². The predicted molar refractivity (Wildman–Crippen MR) is 79.5 cm³/mol. The molecule has 1 aromatic carbocycles. The van der Waals surface area contributed by atoms with Crippen LogP contribution in [0.3, 0.4) is 0 Å². The molecule has 1 aliphatic heterocycles. The largest absolute Gasteiger partial charge is 0.496 e. The molecule has 0 bridgehead atoms. The third-order valence-electron chi connectivity index (χ3n) is 4.07. The van der Waals surface area contributed by atoms with Crippen LogP contribution < -0.4 is 14.8 Å². The van der Waals surface area contributed by atoms with Crippen LogP contribution in [0.2, 0.25) is 0 Å². The normalized spacial score (nSPS) is 17.8. The second-order valence-corrected chi connectivity index (χ2v) is 5.21. The Balaban J connectivity index is 2.21. The molecule has 112 valence electrons. The molecule has 1 N–H and O–H groups in total. The highest BCUT2D eigenvalue weighted by atomic mass is 16.5.